The minimum absolute atomic E-state index is 0.182. The van der Waals surface area contributed by atoms with Gasteiger partial charge < -0.3 is 10.6 Å². The highest BCUT2D eigenvalue weighted by Crippen LogP contribution is 2.21. The summed E-state index contributed by atoms with van der Waals surface area (Å²) in [5.74, 6) is -0.551. The summed E-state index contributed by atoms with van der Waals surface area (Å²) in [5, 5.41) is 5.91. The first-order chi connectivity index (χ1) is 9.61. The van der Waals surface area contributed by atoms with Gasteiger partial charge in [0.05, 0.1) is 16.3 Å². The van der Waals surface area contributed by atoms with E-state index in [1.807, 2.05) is 6.92 Å². The Morgan fingerprint density at radius 2 is 2.15 bits per heavy atom. The molecule has 2 aromatic rings. The highest BCUT2D eigenvalue weighted by molar-refractivity contribution is 6.30. The van der Waals surface area contributed by atoms with E-state index in [-0.39, 0.29) is 11.3 Å². The number of pyridine rings is 1. The molecule has 20 heavy (non-hydrogen) atoms. The topological polar surface area (TPSA) is 54.0 Å². The molecule has 0 aliphatic rings. The molecular weight excluding hydrogens is 281 g/mol. The van der Waals surface area contributed by atoms with Gasteiger partial charge in [-0.2, -0.15) is 0 Å². The van der Waals surface area contributed by atoms with Crippen molar-refractivity contribution in [1.82, 2.24) is 4.98 Å². The Bertz CT molecular complexity index is 616. The number of carbonyl (C=O) groups is 1. The summed E-state index contributed by atoms with van der Waals surface area (Å²) >= 11 is 5.72. The van der Waals surface area contributed by atoms with Crippen LogP contribution in [0.2, 0.25) is 5.02 Å². The van der Waals surface area contributed by atoms with Crippen LogP contribution < -0.4 is 10.6 Å². The normalized spacial score (nSPS) is 10.2. The number of halogens is 2. The number of hydrogen-bond donors (Lipinski definition) is 2. The molecule has 1 amide bonds. The Hall–Kier alpha value is -2.14. The lowest BCUT2D eigenvalue weighted by Crippen LogP contribution is -2.16. The van der Waals surface area contributed by atoms with E-state index in [9.17, 15) is 9.18 Å². The third-order valence-electron chi connectivity index (χ3n) is 2.58. The van der Waals surface area contributed by atoms with Crippen LogP contribution in [0.5, 0.6) is 0 Å². The van der Waals surface area contributed by atoms with Crippen LogP contribution in [-0.4, -0.2) is 17.4 Å². The molecule has 0 saturated carbocycles. The SMILES string of the molecule is CCNc1c(F)cccc1C(=O)Nc1ccc(Cl)cn1. The second-order valence-corrected chi connectivity index (χ2v) is 4.44. The van der Waals surface area contributed by atoms with E-state index >= 15 is 0 Å². The molecule has 1 aromatic carbocycles. The molecule has 2 N–H and O–H groups in total. The van der Waals surface area contributed by atoms with E-state index in [0.29, 0.717) is 17.4 Å². The van der Waals surface area contributed by atoms with E-state index in [0.717, 1.165) is 0 Å². The summed E-state index contributed by atoms with van der Waals surface area (Å²) < 4.78 is 13.7. The average Bonchev–Trinajstić information content (AvgIpc) is 2.43. The summed E-state index contributed by atoms with van der Waals surface area (Å²) in [6, 6.07) is 7.52. The third kappa shape index (κ3) is 3.24. The van der Waals surface area contributed by atoms with Gasteiger partial charge in [0.25, 0.3) is 5.91 Å². The lowest BCUT2D eigenvalue weighted by Gasteiger charge is -2.11. The molecule has 0 unspecified atom stereocenters. The van der Waals surface area contributed by atoms with E-state index in [4.69, 9.17) is 11.6 Å². The molecular formula is C14H13ClFN3O. The second-order valence-electron chi connectivity index (χ2n) is 4.01. The molecule has 0 aliphatic heterocycles. The fraction of sp³-hybridized carbons (Fsp3) is 0.143. The van der Waals surface area contributed by atoms with Gasteiger partial charge >= 0.3 is 0 Å². The summed E-state index contributed by atoms with van der Waals surface area (Å²) in [6.07, 6.45) is 1.42. The third-order valence-corrected chi connectivity index (χ3v) is 2.80. The number of anilines is 2. The molecule has 0 spiro atoms. The summed E-state index contributed by atoms with van der Waals surface area (Å²) in [6.45, 7) is 2.34. The Labute approximate surface area is 121 Å². The number of carbonyl (C=O) groups excluding carboxylic acids is 1. The second kappa shape index (κ2) is 6.34. The van der Waals surface area contributed by atoms with Crippen molar-refractivity contribution >= 4 is 29.0 Å². The monoisotopic (exact) mass is 293 g/mol. The smallest absolute Gasteiger partial charge is 0.259 e. The van der Waals surface area contributed by atoms with Crippen LogP contribution in [0.3, 0.4) is 0 Å². The van der Waals surface area contributed by atoms with Crippen LogP contribution >= 0.6 is 11.6 Å². The van der Waals surface area contributed by atoms with Crippen LogP contribution in [-0.2, 0) is 0 Å². The van der Waals surface area contributed by atoms with Gasteiger partial charge in [-0.1, -0.05) is 17.7 Å². The summed E-state index contributed by atoms with van der Waals surface area (Å²) in [5.41, 5.74) is 0.407. The van der Waals surface area contributed by atoms with E-state index in [1.165, 1.54) is 18.3 Å². The quantitative estimate of drug-likeness (QED) is 0.906. The lowest BCUT2D eigenvalue weighted by atomic mass is 10.1. The zero-order chi connectivity index (χ0) is 14.5. The molecule has 0 bridgehead atoms. The Morgan fingerprint density at radius 1 is 1.35 bits per heavy atom. The van der Waals surface area contributed by atoms with Gasteiger partial charge in [0.2, 0.25) is 0 Å². The number of nitrogens with zero attached hydrogens (tertiary/aromatic N) is 1. The van der Waals surface area contributed by atoms with Gasteiger partial charge in [0, 0.05) is 12.7 Å². The maximum absolute atomic E-state index is 13.7. The van der Waals surface area contributed by atoms with Crippen molar-refractivity contribution in [2.24, 2.45) is 0 Å². The number of para-hydroxylation sites is 1. The van der Waals surface area contributed by atoms with Crippen molar-refractivity contribution in [3.8, 4) is 0 Å². The molecule has 0 fully saturated rings. The van der Waals surface area contributed by atoms with Gasteiger partial charge in [-0.25, -0.2) is 9.37 Å². The van der Waals surface area contributed by atoms with Crippen LogP contribution in [0.15, 0.2) is 36.5 Å². The highest BCUT2D eigenvalue weighted by atomic mass is 35.5. The fourth-order valence-electron chi connectivity index (χ4n) is 1.70. The van der Waals surface area contributed by atoms with Crippen molar-refractivity contribution in [3.05, 3.63) is 52.9 Å². The van der Waals surface area contributed by atoms with Crippen LogP contribution in [0.25, 0.3) is 0 Å². The predicted molar refractivity (Wildman–Crippen MR) is 77.8 cm³/mol. The Morgan fingerprint density at radius 3 is 2.80 bits per heavy atom. The van der Waals surface area contributed by atoms with E-state index < -0.39 is 11.7 Å². The average molecular weight is 294 g/mol. The number of rotatable bonds is 4. The van der Waals surface area contributed by atoms with Crippen molar-refractivity contribution in [1.29, 1.82) is 0 Å². The molecule has 0 saturated heterocycles. The molecule has 0 radical (unpaired) electrons. The van der Waals surface area contributed by atoms with Crippen LogP contribution in [0.1, 0.15) is 17.3 Å². The zero-order valence-electron chi connectivity index (χ0n) is 10.8. The molecule has 4 nitrogen and oxygen atoms in total. The van der Waals surface area contributed by atoms with Crippen LogP contribution in [0.4, 0.5) is 15.9 Å². The molecule has 2 rings (SSSR count). The fourth-order valence-corrected chi connectivity index (χ4v) is 1.81. The van der Waals surface area contributed by atoms with E-state index in [2.05, 4.69) is 15.6 Å². The Balaban J connectivity index is 2.25. The first kappa shape index (κ1) is 14.3. The standard InChI is InChI=1S/C14H13ClFN3O/c1-2-17-13-10(4-3-5-11(13)16)14(20)19-12-7-6-9(15)8-18-12/h3-8,17H,2H2,1H3,(H,18,19,20). The zero-order valence-corrected chi connectivity index (χ0v) is 11.5. The largest absolute Gasteiger partial charge is 0.382 e. The van der Waals surface area contributed by atoms with Gasteiger partial charge in [-0.3, -0.25) is 4.79 Å². The predicted octanol–water partition coefficient (Wildman–Crippen LogP) is 3.56. The molecule has 0 aliphatic carbocycles. The van der Waals surface area contributed by atoms with Crippen molar-refractivity contribution in [2.75, 3.05) is 17.2 Å². The minimum atomic E-state index is -0.469. The highest BCUT2D eigenvalue weighted by Gasteiger charge is 2.15. The van der Waals surface area contributed by atoms with Gasteiger partial charge in [0.1, 0.15) is 11.6 Å². The Kier molecular flexibility index (Phi) is 4.53. The van der Waals surface area contributed by atoms with Crippen molar-refractivity contribution < 1.29 is 9.18 Å². The first-order valence-corrected chi connectivity index (χ1v) is 6.45. The van der Waals surface area contributed by atoms with E-state index in [1.54, 1.807) is 18.2 Å². The lowest BCUT2D eigenvalue weighted by molar-refractivity contribution is 0.102. The number of nitrogens with one attached hydrogen (secondary N) is 2. The first-order valence-electron chi connectivity index (χ1n) is 6.07. The van der Waals surface area contributed by atoms with Gasteiger partial charge in [-0.05, 0) is 31.2 Å². The minimum Gasteiger partial charge on any atom is -0.382 e. The number of amides is 1. The molecule has 0 atom stereocenters. The van der Waals surface area contributed by atoms with Gasteiger partial charge in [-0.15, -0.1) is 0 Å². The number of hydrogen-bond acceptors (Lipinski definition) is 3. The maximum Gasteiger partial charge on any atom is 0.259 e. The number of benzene rings is 1. The van der Waals surface area contributed by atoms with Crippen molar-refractivity contribution in [2.45, 2.75) is 6.92 Å². The van der Waals surface area contributed by atoms with Crippen molar-refractivity contribution in [3.63, 3.8) is 0 Å². The maximum atomic E-state index is 13.7. The summed E-state index contributed by atoms with van der Waals surface area (Å²) in [7, 11) is 0. The van der Waals surface area contributed by atoms with Gasteiger partial charge in [0.15, 0.2) is 0 Å². The number of aromatic nitrogens is 1. The molecule has 1 heterocycles. The van der Waals surface area contributed by atoms with Crippen LogP contribution in [0, 0.1) is 5.82 Å². The molecule has 6 heteroatoms. The molecule has 1 aromatic heterocycles. The summed E-state index contributed by atoms with van der Waals surface area (Å²) in [4.78, 5) is 16.1. The molecule has 104 valence electrons.